The van der Waals surface area contributed by atoms with Crippen LogP contribution in [0.5, 0.6) is 0 Å². The zero-order valence-corrected chi connectivity index (χ0v) is 14.5. The minimum atomic E-state index is -0.239. The third-order valence-electron chi connectivity index (χ3n) is 3.33. The molecule has 2 amide bonds. The summed E-state index contributed by atoms with van der Waals surface area (Å²) in [7, 11) is 0. The lowest BCUT2D eigenvalue weighted by molar-refractivity contribution is -0.143. The summed E-state index contributed by atoms with van der Waals surface area (Å²) in [6.07, 6.45) is 4.10. The fourth-order valence-corrected chi connectivity index (χ4v) is 2.21. The number of unbranched alkanes of at least 4 members (excludes halogenated alkanes) is 3. The van der Waals surface area contributed by atoms with Gasteiger partial charge in [0.25, 0.3) is 0 Å². The van der Waals surface area contributed by atoms with Crippen LogP contribution in [0.15, 0.2) is 18.2 Å². The quantitative estimate of drug-likeness (QED) is 0.520. The molecule has 0 saturated heterocycles. The van der Waals surface area contributed by atoms with Gasteiger partial charge in [0.05, 0.1) is 6.61 Å². The van der Waals surface area contributed by atoms with Crippen molar-refractivity contribution in [2.45, 2.75) is 46.0 Å². The molecule has 5 nitrogen and oxygen atoms in total. The number of anilines is 1. The average Bonchev–Trinajstić information content (AvgIpc) is 2.50. The third kappa shape index (κ3) is 8.45. The molecule has 1 aromatic rings. The molecular formula is C17H25ClN2O3. The number of nitrogens with one attached hydrogen (secondary N) is 2. The topological polar surface area (TPSA) is 67.4 Å². The van der Waals surface area contributed by atoms with Crippen molar-refractivity contribution in [3.8, 4) is 0 Å². The number of ether oxygens (including phenoxy) is 1. The van der Waals surface area contributed by atoms with Gasteiger partial charge in [0.1, 0.15) is 0 Å². The van der Waals surface area contributed by atoms with Crippen LogP contribution in [-0.4, -0.2) is 25.2 Å². The number of amides is 2. The van der Waals surface area contributed by atoms with E-state index in [1.54, 1.807) is 13.0 Å². The fourth-order valence-electron chi connectivity index (χ4n) is 2.03. The van der Waals surface area contributed by atoms with Gasteiger partial charge < -0.3 is 15.4 Å². The van der Waals surface area contributed by atoms with Gasteiger partial charge in [-0.2, -0.15) is 0 Å². The molecular weight excluding hydrogens is 316 g/mol. The molecule has 0 saturated carbocycles. The number of aryl methyl sites for hydroxylation is 1. The predicted molar refractivity (Wildman–Crippen MR) is 92.9 cm³/mol. The molecule has 2 N–H and O–H groups in total. The second-order valence-electron chi connectivity index (χ2n) is 5.31. The lowest BCUT2D eigenvalue weighted by Crippen LogP contribution is -2.29. The molecule has 1 aromatic carbocycles. The second-order valence-corrected chi connectivity index (χ2v) is 5.72. The van der Waals surface area contributed by atoms with E-state index in [2.05, 4.69) is 10.6 Å². The molecule has 0 radical (unpaired) electrons. The number of esters is 1. The maximum atomic E-state index is 11.7. The molecule has 0 spiro atoms. The lowest BCUT2D eigenvalue weighted by Gasteiger charge is -2.08. The molecule has 128 valence electrons. The molecule has 0 fully saturated rings. The first-order valence-corrected chi connectivity index (χ1v) is 8.37. The van der Waals surface area contributed by atoms with Crippen LogP contribution < -0.4 is 10.6 Å². The van der Waals surface area contributed by atoms with E-state index < -0.39 is 0 Å². The number of hydrogen-bond donors (Lipinski definition) is 2. The Morgan fingerprint density at radius 2 is 1.91 bits per heavy atom. The van der Waals surface area contributed by atoms with Crippen LogP contribution in [0, 0.1) is 6.92 Å². The van der Waals surface area contributed by atoms with Gasteiger partial charge in [-0.15, -0.1) is 0 Å². The van der Waals surface area contributed by atoms with E-state index in [9.17, 15) is 9.59 Å². The fraction of sp³-hybridized carbons (Fsp3) is 0.529. The Labute approximate surface area is 142 Å². The molecule has 0 atom stereocenters. The zero-order chi connectivity index (χ0) is 17.1. The summed E-state index contributed by atoms with van der Waals surface area (Å²) in [6.45, 7) is 4.75. The first-order chi connectivity index (χ1) is 11.0. The van der Waals surface area contributed by atoms with E-state index >= 15 is 0 Å². The Hall–Kier alpha value is -1.75. The van der Waals surface area contributed by atoms with Crippen molar-refractivity contribution in [3.05, 3.63) is 28.8 Å². The van der Waals surface area contributed by atoms with Gasteiger partial charge >= 0.3 is 12.0 Å². The molecule has 0 aromatic heterocycles. The average molecular weight is 341 g/mol. The van der Waals surface area contributed by atoms with Crippen LogP contribution in [0.4, 0.5) is 10.5 Å². The number of rotatable bonds is 9. The molecule has 0 aliphatic carbocycles. The highest BCUT2D eigenvalue weighted by Gasteiger charge is 2.03. The second kappa shape index (κ2) is 10.9. The molecule has 0 bridgehead atoms. The van der Waals surface area contributed by atoms with Crippen LogP contribution >= 0.6 is 11.6 Å². The van der Waals surface area contributed by atoms with Crippen molar-refractivity contribution in [1.29, 1.82) is 0 Å². The Kier molecular flexibility index (Phi) is 9.14. The zero-order valence-electron chi connectivity index (χ0n) is 13.8. The highest BCUT2D eigenvalue weighted by molar-refractivity contribution is 6.31. The van der Waals surface area contributed by atoms with Crippen molar-refractivity contribution in [2.24, 2.45) is 0 Å². The Balaban J connectivity index is 2.08. The summed E-state index contributed by atoms with van der Waals surface area (Å²) in [6, 6.07) is 5.17. The summed E-state index contributed by atoms with van der Waals surface area (Å²) in [4.78, 5) is 22.9. The van der Waals surface area contributed by atoms with Crippen molar-refractivity contribution >= 4 is 29.3 Å². The molecule has 0 aliphatic rings. The van der Waals surface area contributed by atoms with Gasteiger partial charge in [-0.05, 0) is 44.4 Å². The summed E-state index contributed by atoms with van der Waals surface area (Å²) in [5, 5.41) is 6.17. The molecule has 6 heteroatoms. The Morgan fingerprint density at radius 1 is 1.17 bits per heavy atom. The molecule has 23 heavy (non-hydrogen) atoms. The molecule has 0 aliphatic heterocycles. The number of carbonyl (C=O) groups is 2. The monoisotopic (exact) mass is 340 g/mol. The normalized spacial score (nSPS) is 10.2. The molecule has 0 unspecified atom stereocenters. The maximum Gasteiger partial charge on any atom is 0.319 e. The standard InChI is InChI=1S/C17H25ClN2O3/c1-3-23-16(21)8-6-4-5-7-11-19-17(22)20-14-10-9-13(2)15(18)12-14/h9-10,12H,3-8,11H2,1-2H3,(H2,19,20,22). The SMILES string of the molecule is CCOC(=O)CCCCCCNC(=O)Nc1ccc(C)c(Cl)c1. The number of benzene rings is 1. The smallest absolute Gasteiger partial charge is 0.319 e. The third-order valence-corrected chi connectivity index (χ3v) is 3.74. The lowest BCUT2D eigenvalue weighted by atomic mass is 10.1. The Bertz CT molecular complexity index is 521. The van der Waals surface area contributed by atoms with Gasteiger partial charge in [-0.1, -0.05) is 30.5 Å². The van der Waals surface area contributed by atoms with Crippen LogP contribution in [-0.2, 0) is 9.53 Å². The number of hydrogen-bond acceptors (Lipinski definition) is 3. The highest BCUT2D eigenvalue weighted by atomic mass is 35.5. The largest absolute Gasteiger partial charge is 0.466 e. The van der Waals surface area contributed by atoms with E-state index in [1.807, 2.05) is 19.1 Å². The van der Waals surface area contributed by atoms with Crippen LogP contribution in [0.3, 0.4) is 0 Å². The predicted octanol–water partition coefficient (Wildman–Crippen LogP) is 4.28. The van der Waals surface area contributed by atoms with E-state index in [4.69, 9.17) is 16.3 Å². The first kappa shape index (κ1) is 19.3. The summed E-state index contributed by atoms with van der Waals surface area (Å²) in [5.41, 5.74) is 1.65. The summed E-state index contributed by atoms with van der Waals surface area (Å²) >= 11 is 6.01. The van der Waals surface area contributed by atoms with E-state index in [0.29, 0.717) is 30.3 Å². The van der Waals surface area contributed by atoms with Crippen molar-refractivity contribution in [3.63, 3.8) is 0 Å². The van der Waals surface area contributed by atoms with Gasteiger partial charge in [-0.25, -0.2) is 4.79 Å². The van der Waals surface area contributed by atoms with Crippen LogP contribution in [0.25, 0.3) is 0 Å². The minimum absolute atomic E-state index is 0.137. The van der Waals surface area contributed by atoms with E-state index in [1.165, 1.54) is 0 Å². The highest BCUT2D eigenvalue weighted by Crippen LogP contribution is 2.19. The van der Waals surface area contributed by atoms with Crippen molar-refractivity contribution < 1.29 is 14.3 Å². The minimum Gasteiger partial charge on any atom is -0.466 e. The first-order valence-electron chi connectivity index (χ1n) is 7.99. The van der Waals surface area contributed by atoms with Crippen LogP contribution in [0.1, 0.15) is 44.6 Å². The van der Waals surface area contributed by atoms with E-state index in [0.717, 1.165) is 31.2 Å². The van der Waals surface area contributed by atoms with Gasteiger partial charge in [0, 0.05) is 23.7 Å². The van der Waals surface area contributed by atoms with Crippen molar-refractivity contribution in [2.75, 3.05) is 18.5 Å². The summed E-state index contributed by atoms with van der Waals surface area (Å²) < 4.78 is 4.86. The Morgan fingerprint density at radius 3 is 2.61 bits per heavy atom. The number of halogens is 1. The maximum absolute atomic E-state index is 11.7. The molecule has 1 rings (SSSR count). The van der Waals surface area contributed by atoms with Gasteiger partial charge in [-0.3, -0.25) is 4.79 Å². The van der Waals surface area contributed by atoms with Crippen molar-refractivity contribution in [1.82, 2.24) is 5.32 Å². The van der Waals surface area contributed by atoms with Gasteiger partial charge in [0.15, 0.2) is 0 Å². The molecule has 0 heterocycles. The summed E-state index contributed by atoms with van der Waals surface area (Å²) in [5.74, 6) is -0.137. The van der Waals surface area contributed by atoms with Gasteiger partial charge in [0.2, 0.25) is 0 Å². The van der Waals surface area contributed by atoms with Crippen LogP contribution in [0.2, 0.25) is 5.02 Å². The van der Waals surface area contributed by atoms with E-state index in [-0.39, 0.29) is 12.0 Å². The number of urea groups is 1. The number of carbonyl (C=O) groups excluding carboxylic acids is 2.